The van der Waals surface area contributed by atoms with Gasteiger partial charge in [0.15, 0.2) is 6.23 Å². The Kier molecular flexibility index (Phi) is 7.23. The molecule has 2 aliphatic rings. The lowest BCUT2D eigenvalue weighted by molar-refractivity contribution is -0.131. The van der Waals surface area contributed by atoms with Crippen LogP contribution in [0.5, 0.6) is 0 Å². The zero-order valence-electron chi connectivity index (χ0n) is 23.1. The molecule has 1 saturated heterocycles. The molecule has 0 radical (unpaired) electrons. The molecule has 39 heavy (non-hydrogen) atoms. The average Bonchev–Trinajstić information content (AvgIpc) is 3.25. The molecule has 1 aliphatic carbocycles. The molecule has 206 valence electrons. The Balaban J connectivity index is 1.66. The van der Waals surface area contributed by atoms with Gasteiger partial charge >= 0.3 is 5.97 Å². The molecule has 7 heteroatoms. The molecule has 0 bridgehead atoms. The van der Waals surface area contributed by atoms with E-state index in [9.17, 15) is 4.79 Å². The summed E-state index contributed by atoms with van der Waals surface area (Å²) in [5.41, 5.74) is 3.96. The summed E-state index contributed by atoms with van der Waals surface area (Å²) in [6, 6.07) is 8.73. The van der Waals surface area contributed by atoms with Gasteiger partial charge in [-0.2, -0.15) is 5.10 Å². The van der Waals surface area contributed by atoms with Crippen molar-refractivity contribution in [1.29, 1.82) is 0 Å². The molecule has 1 saturated carbocycles. The first-order valence-corrected chi connectivity index (χ1v) is 13.6. The highest BCUT2D eigenvalue weighted by molar-refractivity contribution is 5.90. The highest BCUT2D eigenvalue weighted by atomic mass is 19.1. The molecule has 1 N–H and O–H groups in total. The van der Waals surface area contributed by atoms with Crippen LogP contribution >= 0.6 is 0 Å². The van der Waals surface area contributed by atoms with Crippen molar-refractivity contribution in [3.8, 4) is 0 Å². The van der Waals surface area contributed by atoms with Crippen LogP contribution in [-0.2, 0) is 9.53 Å². The van der Waals surface area contributed by atoms with Crippen LogP contribution in [0.3, 0.4) is 0 Å². The number of carboxylic acids is 1. The van der Waals surface area contributed by atoms with Gasteiger partial charge in [0.05, 0.1) is 11.7 Å². The predicted molar refractivity (Wildman–Crippen MR) is 149 cm³/mol. The molecule has 3 aromatic rings. The van der Waals surface area contributed by atoms with Gasteiger partial charge in [-0.15, -0.1) is 0 Å². The zero-order chi connectivity index (χ0) is 27.9. The number of nitrogens with zero attached hydrogens (tertiary/aromatic N) is 2. The van der Waals surface area contributed by atoms with Crippen molar-refractivity contribution in [2.24, 2.45) is 10.8 Å². The number of aromatic nitrogens is 2. The fraction of sp³-hybridized carbons (Fsp3) is 0.438. The van der Waals surface area contributed by atoms with Crippen molar-refractivity contribution < 1.29 is 23.4 Å². The Hall–Kier alpha value is -3.32. The number of carboxylic acid groups (broad SMARTS) is 1. The van der Waals surface area contributed by atoms with E-state index in [0.29, 0.717) is 5.56 Å². The summed E-state index contributed by atoms with van der Waals surface area (Å²) in [6.07, 6.45) is 9.18. The smallest absolute Gasteiger partial charge is 0.328 e. The van der Waals surface area contributed by atoms with E-state index in [4.69, 9.17) is 9.84 Å². The third-order valence-corrected chi connectivity index (χ3v) is 7.77. The van der Waals surface area contributed by atoms with Gasteiger partial charge in [-0.3, -0.25) is 0 Å². The van der Waals surface area contributed by atoms with Gasteiger partial charge in [-0.25, -0.2) is 18.3 Å². The van der Waals surface area contributed by atoms with Gasteiger partial charge in [0.1, 0.15) is 11.6 Å². The Morgan fingerprint density at radius 3 is 2.36 bits per heavy atom. The minimum absolute atomic E-state index is 0.0247. The molecule has 0 spiro atoms. The molecule has 2 heterocycles. The van der Waals surface area contributed by atoms with E-state index >= 15 is 8.78 Å². The van der Waals surface area contributed by atoms with Crippen LogP contribution in [0.1, 0.15) is 89.1 Å². The molecule has 1 atom stereocenters. The molecule has 0 amide bonds. The first-order valence-electron chi connectivity index (χ1n) is 13.6. The van der Waals surface area contributed by atoms with Gasteiger partial charge in [0.25, 0.3) is 0 Å². The van der Waals surface area contributed by atoms with Crippen LogP contribution in [0.2, 0.25) is 0 Å². The second-order valence-electron chi connectivity index (χ2n) is 12.5. The minimum Gasteiger partial charge on any atom is -0.478 e. The summed E-state index contributed by atoms with van der Waals surface area (Å²) in [5.74, 6) is -2.85. The number of ether oxygens (including phenoxy) is 1. The number of hydrogen-bond acceptors (Lipinski definition) is 3. The van der Waals surface area contributed by atoms with Crippen LogP contribution < -0.4 is 0 Å². The SMILES string of the molecule is CC1(C)CC(=C(c2cc(F)c(C=CC(=O)O)c(F)c2)c2ccc3c(cnn3C3CCCCO3)c2)CC(C)(C)C1. The van der Waals surface area contributed by atoms with Crippen molar-refractivity contribution in [3.05, 3.63) is 76.5 Å². The van der Waals surface area contributed by atoms with Gasteiger partial charge in [0.2, 0.25) is 0 Å². The molecule has 1 aromatic heterocycles. The summed E-state index contributed by atoms with van der Waals surface area (Å²) in [6.45, 7) is 9.68. The minimum atomic E-state index is -1.26. The molecule has 2 aromatic carbocycles. The van der Waals surface area contributed by atoms with Crippen molar-refractivity contribution in [2.45, 2.75) is 72.4 Å². The Morgan fingerprint density at radius 1 is 1.05 bits per heavy atom. The fourth-order valence-corrected chi connectivity index (χ4v) is 6.79. The summed E-state index contributed by atoms with van der Waals surface area (Å²) >= 11 is 0. The van der Waals surface area contributed by atoms with E-state index in [1.54, 1.807) is 0 Å². The number of rotatable bonds is 5. The van der Waals surface area contributed by atoms with Crippen LogP contribution in [0, 0.1) is 22.5 Å². The van der Waals surface area contributed by atoms with Gasteiger partial charge < -0.3 is 9.84 Å². The van der Waals surface area contributed by atoms with Crippen LogP contribution in [-0.4, -0.2) is 27.5 Å². The van der Waals surface area contributed by atoms with Crippen molar-refractivity contribution in [3.63, 3.8) is 0 Å². The number of carbonyl (C=O) groups is 1. The van der Waals surface area contributed by atoms with E-state index in [-0.39, 0.29) is 22.6 Å². The molecule has 1 aliphatic heterocycles. The maximum atomic E-state index is 15.2. The standard InChI is InChI=1S/C32H36F2N2O3/c1-31(2)16-23(17-32(3,4)19-31)30(21-14-25(33)24(26(34)15-21)9-11-29(37)38)20-8-10-27-22(13-20)18-35-36(27)28-7-5-6-12-39-28/h8-11,13-15,18,28H,5-7,12,16-17,19H2,1-4H3,(H,37,38). The number of aliphatic carboxylic acids is 1. The summed E-state index contributed by atoms with van der Waals surface area (Å²) in [4.78, 5) is 10.9. The Morgan fingerprint density at radius 2 is 1.74 bits per heavy atom. The summed E-state index contributed by atoms with van der Waals surface area (Å²) in [7, 11) is 0. The lowest BCUT2D eigenvalue weighted by atomic mass is 9.62. The maximum Gasteiger partial charge on any atom is 0.328 e. The third kappa shape index (κ3) is 5.83. The first kappa shape index (κ1) is 27.3. The number of benzene rings is 2. The van der Waals surface area contributed by atoms with Crippen LogP contribution in [0.25, 0.3) is 22.6 Å². The van der Waals surface area contributed by atoms with E-state index in [1.165, 1.54) is 12.1 Å². The van der Waals surface area contributed by atoms with Crippen molar-refractivity contribution in [2.75, 3.05) is 6.61 Å². The number of allylic oxidation sites excluding steroid dienone is 1. The van der Waals surface area contributed by atoms with E-state index < -0.39 is 17.6 Å². The highest BCUT2D eigenvalue weighted by Crippen LogP contribution is 2.51. The normalized spacial score (nSPS) is 21.0. The lowest BCUT2D eigenvalue weighted by Crippen LogP contribution is -2.30. The van der Waals surface area contributed by atoms with Crippen LogP contribution in [0.15, 0.2) is 48.2 Å². The summed E-state index contributed by atoms with van der Waals surface area (Å²) in [5, 5.41) is 14.5. The van der Waals surface area contributed by atoms with Crippen LogP contribution in [0.4, 0.5) is 8.78 Å². The number of halogens is 2. The Bertz CT molecular complexity index is 1430. The third-order valence-electron chi connectivity index (χ3n) is 7.77. The quantitative estimate of drug-likeness (QED) is 0.336. The van der Waals surface area contributed by atoms with Gasteiger partial charge in [0, 0.05) is 23.6 Å². The van der Waals surface area contributed by atoms with Gasteiger partial charge in [-0.1, -0.05) is 39.3 Å². The molecular weight excluding hydrogens is 498 g/mol. The summed E-state index contributed by atoms with van der Waals surface area (Å²) < 4.78 is 38.4. The highest BCUT2D eigenvalue weighted by Gasteiger charge is 2.37. The van der Waals surface area contributed by atoms with Crippen molar-refractivity contribution in [1.82, 2.24) is 9.78 Å². The molecule has 1 unspecified atom stereocenters. The predicted octanol–water partition coefficient (Wildman–Crippen LogP) is 8.15. The fourth-order valence-electron chi connectivity index (χ4n) is 6.79. The topological polar surface area (TPSA) is 64.3 Å². The molecule has 2 fully saturated rings. The number of hydrogen-bond donors (Lipinski definition) is 1. The molecule has 5 nitrogen and oxygen atoms in total. The zero-order valence-corrected chi connectivity index (χ0v) is 23.1. The lowest BCUT2D eigenvalue weighted by Gasteiger charge is -2.43. The van der Waals surface area contributed by atoms with Gasteiger partial charge in [-0.05, 0) is 96.4 Å². The molecule has 5 rings (SSSR count). The maximum absolute atomic E-state index is 15.2. The Labute approximate surface area is 228 Å². The monoisotopic (exact) mass is 534 g/mol. The second-order valence-corrected chi connectivity index (χ2v) is 12.5. The van der Waals surface area contributed by atoms with Crippen molar-refractivity contribution >= 4 is 28.5 Å². The average molecular weight is 535 g/mol. The van der Waals surface area contributed by atoms with E-state index in [2.05, 4.69) is 32.8 Å². The first-order chi connectivity index (χ1) is 18.4. The number of fused-ring (bicyclic) bond motifs is 1. The van der Waals surface area contributed by atoms with E-state index in [1.807, 2.05) is 29.1 Å². The van der Waals surface area contributed by atoms with E-state index in [0.717, 1.165) is 84.9 Å². The largest absolute Gasteiger partial charge is 0.478 e. The second kappa shape index (κ2) is 10.3. The molecular formula is C32H36F2N2O3.